The number of carbonyl (C=O) groups is 1. The molecule has 1 atom stereocenters. The van der Waals surface area contributed by atoms with E-state index in [-0.39, 0.29) is 23.2 Å². The van der Waals surface area contributed by atoms with Gasteiger partial charge in [-0.15, -0.1) is 16.8 Å². The molecule has 0 aliphatic carbocycles. The second-order valence-electron chi connectivity index (χ2n) is 8.86. The maximum Gasteiger partial charge on any atom is 0.234 e. The summed E-state index contributed by atoms with van der Waals surface area (Å²) in [4.78, 5) is 12.5. The van der Waals surface area contributed by atoms with Crippen LogP contribution in [0.2, 0.25) is 15.1 Å². The molecule has 0 saturated heterocycles. The Balaban J connectivity index is 1.68. The lowest BCUT2D eigenvalue weighted by Gasteiger charge is -2.20. The zero-order valence-corrected chi connectivity index (χ0v) is 23.0. The van der Waals surface area contributed by atoms with Gasteiger partial charge in [0.15, 0.2) is 17.1 Å². The molecule has 1 amide bonds. The first kappa shape index (κ1) is 27.4. The van der Waals surface area contributed by atoms with E-state index in [2.05, 4.69) is 55.0 Å². The Morgan fingerprint density at radius 1 is 1.14 bits per heavy atom. The van der Waals surface area contributed by atoms with Crippen molar-refractivity contribution in [3.05, 3.63) is 75.5 Å². The fraction of sp³-hybridized carbons (Fsp3) is 0.320. The summed E-state index contributed by atoms with van der Waals surface area (Å²) in [5.41, 5.74) is 1.68. The molecular weight excluding hydrogens is 527 g/mol. The van der Waals surface area contributed by atoms with Gasteiger partial charge in [-0.3, -0.25) is 9.36 Å². The van der Waals surface area contributed by atoms with Crippen LogP contribution in [0.5, 0.6) is 5.75 Å². The lowest BCUT2D eigenvalue weighted by atomic mass is 9.87. The highest BCUT2D eigenvalue weighted by Gasteiger charge is 2.21. The number of hydrogen-bond acceptors (Lipinski definition) is 5. The second kappa shape index (κ2) is 11.7. The third-order valence-corrected chi connectivity index (χ3v) is 7.07. The number of anilines is 1. The number of allylic oxidation sites excluding steroid dienone is 1. The number of halogens is 3. The van der Waals surface area contributed by atoms with Gasteiger partial charge in [-0.05, 0) is 42.2 Å². The molecule has 0 aliphatic rings. The van der Waals surface area contributed by atoms with Crippen molar-refractivity contribution in [1.82, 2.24) is 14.8 Å². The molecule has 0 saturated carbocycles. The van der Waals surface area contributed by atoms with Crippen LogP contribution in [0, 0.1) is 0 Å². The molecule has 35 heavy (non-hydrogen) atoms. The van der Waals surface area contributed by atoms with Crippen molar-refractivity contribution in [3.8, 4) is 5.75 Å². The zero-order valence-electron chi connectivity index (χ0n) is 19.9. The highest BCUT2D eigenvalue weighted by atomic mass is 35.5. The van der Waals surface area contributed by atoms with Crippen LogP contribution >= 0.6 is 46.6 Å². The second-order valence-corrected chi connectivity index (χ2v) is 11.0. The van der Waals surface area contributed by atoms with Crippen molar-refractivity contribution in [1.29, 1.82) is 0 Å². The lowest BCUT2D eigenvalue weighted by Crippen LogP contribution is -2.16. The van der Waals surface area contributed by atoms with E-state index in [0.29, 0.717) is 38.3 Å². The van der Waals surface area contributed by atoms with Gasteiger partial charge in [0, 0.05) is 6.54 Å². The molecule has 10 heteroatoms. The van der Waals surface area contributed by atoms with Gasteiger partial charge >= 0.3 is 0 Å². The average molecular weight is 554 g/mol. The predicted octanol–water partition coefficient (Wildman–Crippen LogP) is 7.59. The van der Waals surface area contributed by atoms with Gasteiger partial charge in [0.25, 0.3) is 0 Å². The summed E-state index contributed by atoms with van der Waals surface area (Å²) in [5.74, 6) is 1.20. The number of aromatic nitrogens is 3. The van der Waals surface area contributed by atoms with Crippen LogP contribution in [-0.4, -0.2) is 26.4 Å². The molecule has 186 valence electrons. The quantitative estimate of drug-likeness (QED) is 0.168. The first-order valence-corrected chi connectivity index (χ1v) is 13.0. The number of benzene rings is 2. The van der Waals surface area contributed by atoms with E-state index in [1.807, 2.05) is 23.6 Å². The maximum absolute atomic E-state index is 12.5. The fourth-order valence-corrected chi connectivity index (χ4v) is 4.58. The highest BCUT2D eigenvalue weighted by molar-refractivity contribution is 7.99. The monoisotopic (exact) mass is 552 g/mol. The largest absolute Gasteiger partial charge is 0.483 e. The number of ether oxygens (including phenoxy) is 1. The minimum Gasteiger partial charge on any atom is -0.483 e. The highest BCUT2D eigenvalue weighted by Crippen LogP contribution is 2.33. The molecule has 0 spiro atoms. The molecule has 3 aromatic rings. The Bertz CT molecular complexity index is 1210. The van der Waals surface area contributed by atoms with E-state index in [9.17, 15) is 4.79 Å². The molecule has 1 aromatic heterocycles. The third kappa shape index (κ3) is 7.17. The van der Waals surface area contributed by atoms with E-state index >= 15 is 0 Å². The molecule has 1 N–H and O–H groups in total. The summed E-state index contributed by atoms with van der Waals surface area (Å²) in [6.45, 7) is 12.7. The van der Waals surface area contributed by atoms with Crippen LogP contribution < -0.4 is 10.1 Å². The fourth-order valence-electron chi connectivity index (χ4n) is 3.23. The number of hydrogen-bond donors (Lipinski definition) is 1. The number of thioether (sulfide) groups is 1. The number of carbonyl (C=O) groups excluding carboxylic acids is 1. The standard InChI is InChI=1S/C25H27Cl3N4O2S/c1-6-11-32-23(15(2)34-17-9-7-16(8-10-17)25(3,4)5)30-31-24(32)35-14-22(33)29-21-13-19(27)18(26)12-20(21)28/h6-10,12-13,15H,1,11,14H2,2-5H3,(H,29,33). The number of nitrogens with zero attached hydrogens (tertiary/aromatic N) is 3. The molecule has 3 rings (SSSR count). The summed E-state index contributed by atoms with van der Waals surface area (Å²) in [6, 6.07) is 11.0. The van der Waals surface area contributed by atoms with Crippen LogP contribution in [-0.2, 0) is 16.8 Å². The van der Waals surface area contributed by atoms with E-state index in [1.165, 1.54) is 29.5 Å². The van der Waals surface area contributed by atoms with Crippen LogP contribution in [0.25, 0.3) is 0 Å². The van der Waals surface area contributed by atoms with E-state index in [0.717, 1.165) is 5.75 Å². The smallest absolute Gasteiger partial charge is 0.234 e. The van der Waals surface area contributed by atoms with Gasteiger partial charge in [-0.1, -0.05) is 85.5 Å². The third-order valence-electron chi connectivity index (χ3n) is 5.07. The molecule has 6 nitrogen and oxygen atoms in total. The van der Waals surface area contributed by atoms with Crippen LogP contribution in [0.15, 0.2) is 54.2 Å². The van der Waals surface area contributed by atoms with Crippen molar-refractivity contribution in [3.63, 3.8) is 0 Å². The minimum atomic E-state index is -0.360. The Morgan fingerprint density at radius 3 is 2.43 bits per heavy atom. The molecule has 2 aromatic carbocycles. The molecule has 0 fully saturated rings. The molecule has 0 aliphatic heterocycles. The molecule has 0 radical (unpaired) electrons. The van der Waals surface area contributed by atoms with Crippen LogP contribution in [0.4, 0.5) is 5.69 Å². The summed E-state index contributed by atoms with van der Waals surface area (Å²) >= 11 is 19.4. The first-order chi connectivity index (χ1) is 16.5. The summed E-state index contributed by atoms with van der Waals surface area (Å²) < 4.78 is 8.00. The van der Waals surface area contributed by atoms with Crippen molar-refractivity contribution in [2.45, 2.75) is 50.9 Å². The minimum absolute atomic E-state index is 0.0673. The van der Waals surface area contributed by atoms with Crippen LogP contribution in [0.1, 0.15) is 45.2 Å². The first-order valence-electron chi connectivity index (χ1n) is 10.9. The molecular formula is C25H27Cl3N4O2S. The van der Waals surface area contributed by atoms with Crippen molar-refractivity contribution in [2.24, 2.45) is 0 Å². The SMILES string of the molecule is C=CCn1c(SCC(=O)Nc2cc(Cl)c(Cl)cc2Cl)nnc1C(C)Oc1ccc(C(C)(C)C)cc1. The van der Waals surface area contributed by atoms with Crippen molar-refractivity contribution in [2.75, 3.05) is 11.1 Å². The van der Waals surface area contributed by atoms with Crippen molar-refractivity contribution >= 4 is 58.2 Å². The summed E-state index contributed by atoms with van der Waals surface area (Å²) in [6.07, 6.45) is 1.39. The van der Waals surface area contributed by atoms with Gasteiger partial charge in [0.1, 0.15) is 5.75 Å². The number of amides is 1. The molecule has 0 bridgehead atoms. The summed E-state index contributed by atoms with van der Waals surface area (Å²) in [5, 5.41) is 12.8. The average Bonchev–Trinajstić information content (AvgIpc) is 3.19. The molecule has 1 heterocycles. The van der Waals surface area contributed by atoms with E-state index in [4.69, 9.17) is 39.5 Å². The normalized spacial score (nSPS) is 12.3. The molecule has 1 unspecified atom stereocenters. The van der Waals surface area contributed by atoms with E-state index in [1.54, 1.807) is 6.08 Å². The number of rotatable bonds is 9. The maximum atomic E-state index is 12.5. The van der Waals surface area contributed by atoms with Crippen molar-refractivity contribution < 1.29 is 9.53 Å². The Labute approximate surface area is 225 Å². The van der Waals surface area contributed by atoms with Gasteiger partial charge in [0.05, 0.1) is 26.5 Å². The predicted molar refractivity (Wildman–Crippen MR) is 145 cm³/mol. The Morgan fingerprint density at radius 2 is 1.80 bits per heavy atom. The lowest BCUT2D eigenvalue weighted by molar-refractivity contribution is -0.113. The van der Waals surface area contributed by atoms with Gasteiger partial charge < -0.3 is 10.1 Å². The zero-order chi connectivity index (χ0) is 25.8. The van der Waals surface area contributed by atoms with Gasteiger partial charge in [-0.2, -0.15) is 0 Å². The topological polar surface area (TPSA) is 69.0 Å². The Hall–Kier alpha value is -2.19. The van der Waals surface area contributed by atoms with Crippen LogP contribution in [0.3, 0.4) is 0 Å². The number of nitrogens with one attached hydrogen (secondary N) is 1. The summed E-state index contributed by atoms with van der Waals surface area (Å²) in [7, 11) is 0. The Kier molecular flexibility index (Phi) is 9.16. The van der Waals surface area contributed by atoms with Gasteiger partial charge in [-0.25, -0.2) is 0 Å². The van der Waals surface area contributed by atoms with Gasteiger partial charge in [0.2, 0.25) is 5.91 Å². The van der Waals surface area contributed by atoms with E-state index < -0.39 is 0 Å².